The van der Waals surface area contributed by atoms with Crippen molar-refractivity contribution in [2.45, 2.75) is 25.8 Å². The van der Waals surface area contributed by atoms with Crippen molar-refractivity contribution < 1.29 is 4.74 Å². The summed E-state index contributed by atoms with van der Waals surface area (Å²) in [6, 6.07) is 0.588. The molecule has 0 aromatic rings. The lowest BCUT2D eigenvalue weighted by Gasteiger charge is -2.27. The van der Waals surface area contributed by atoms with Crippen LogP contribution in [-0.2, 0) is 4.74 Å². The van der Waals surface area contributed by atoms with Crippen molar-refractivity contribution in [3.8, 4) is 0 Å². The molecule has 1 unspecified atom stereocenters. The van der Waals surface area contributed by atoms with Crippen LogP contribution < -0.4 is 5.32 Å². The van der Waals surface area contributed by atoms with E-state index < -0.39 is 0 Å². The van der Waals surface area contributed by atoms with Gasteiger partial charge in [-0.1, -0.05) is 0 Å². The Morgan fingerprint density at radius 3 is 2.80 bits per heavy atom. The number of hydrogen-bond acceptors (Lipinski definition) is 3. The zero-order chi connectivity index (χ0) is 10.9. The van der Waals surface area contributed by atoms with Crippen LogP contribution in [0.15, 0.2) is 0 Å². The molecule has 0 aromatic heterocycles. The molecule has 1 fully saturated rings. The Bertz CT molecular complexity index is 152. The van der Waals surface area contributed by atoms with Gasteiger partial charge in [0.15, 0.2) is 0 Å². The molecule has 90 valence electrons. The Kier molecular flexibility index (Phi) is 7.36. The lowest BCUT2D eigenvalue weighted by molar-refractivity contribution is 0.0381. The summed E-state index contributed by atoms with van der Waals surface area (Å²) in [7, 11) is 0. The number of rotatable bonds is 7. The van der Waals surface area contributed by atoms with Crippen LogP contribution in [0.2, 0.25) is 0 Å². The SMILES string of the molecule is CC(CCCCl)NCCN1CCOCC1. The summed E-state index contributed by atoms with van der Waals surface area (Å²) in [5, 5.41) is 3.52. The molecule has 3 nitrogen and oxygen atoms in total. The quantitative estimate of drug-likeness (QED) is 0.673. The van der Waals surface area contributed by atoms with Crippen LogP contribution in [0.4, 0.5) is 0 Å². The van der Waals surface area contributed by atoms with Gasteiger partial charge < -0.3 is 10.1 Å². The number of halogens is 1. The number of morpholine rings is 1. The molecular formula is C11H23ClN2O. The normalized spacial score (nSPS) is 20.4. The van der Waals surface area contributed by atoms with Gasteiger partial charge in [-0.2, -0.15) is 0 Å². The topological polar surface area (TPSA) is 24.5 Å². The lowest BCUT2D eigenvalue weighted by atomic mass is 10.2. The van der Waals surface area contributed by atoms with Crippen LogP contribution in [0.25, 0.3) is 0 Å². The first kappa shape index (κ1) is 13.2. The van der Waals surface area contributed by atoms with Crippen LogP contribution in [-0.4, -0.2) is 56.2 Å². The summed E-state index contributed by atoms with van der Waals surface area (Å²) in [4.78, 5) is 2.45. The summed E-state index contributed by atoms with van der Waals surface area (Å²) >= 11 is 5.65. The van der Waals surface area contributed by atoms with Crippen LogP contribution in [0.3, 0.4) is 0 Å². The van der Waals surface area contributed by atoms with Crippen LogP contribution in [0, 0.1) is 0 Å². The Morgan fingerprint density at radius 2 is 2.13 bits per heavy atom. The first-order valence-corrected chi connectivity index (χ1v) is 6.46. The highest BCUT2D eigenvalue weighted by Crippen LogP contribution is 1.98. The average Bonchev–Trinajstić information content (AvgIpc) is 2.28. The first-order valence-electron chi connectivity index (χ1n) is 5.92. The molecule has 0 amide bonds. The minimum atomic E-state index is 0.588. The monoisotopic (exact) mass is 234 g/mol. The lowest BCUT2D eigenvalue weighted by Crippen LogP contribution is -2.41. The van der Waals surface area contributed by atoms with Crippen LogP contribution in [0.1, 0.15) is 19.8 Å². The highest BCUT2D eigenvalue weighted by Gasteiger charge is 2.09. The number of alkyl halides is 1. The fraction of sp³-hybridized carbons (Fsp3) is 1.00. The van der Waals surface area contributed by atoms with E-state index in [1.807, 2.05) is 0 Å². The number of nitrogens with zero attached hydrogens (tertiary/aromatic N) is 1. The molecule has 1 rings (SSSR count). The van der Waals surface area contributed by atoms with Gasteiger partial charge in [-0.25, -0.2) is 0 Å². The van der Waals surface area contributed by atoms with Gasteiger partial charge in [-0.3, -0.25) is 4.90 Å². The maximum atomic E-state index is 5.65. The molecule has 0 aromatic carbocycles. The van der Waals surface area contributed by atoms with E-state index >= 15 is 0 Å². The number of nitrogens with one attached hydrogen (secondary N) is 1. The van der Waals surface area contributed by atoms with Gasteiger partial charge in [-0.15, -0.1) is 11.6 Å². The molecule has 1 N–H and O–H groups in total. The van der Waals surface area contributed by atoms with Gasteiger partial charge in [0.2, 0.25) is 0 Å². The smallest absolute Gasteiger partial charge is 0.0594 e. The Labute approximate surface area is 98.1 Å². The van der Waals surface area contributed by atoms with Crippen molar-refractivity contribution in [3.05, 3.63) is 0 Å². The second kappa shape index (κ2) is 8.34. The van der Waals surface area contributed by atoms with Crippen LogP contribution >= 0.6 is 11.6 Å². The van der Waals surface area contributed by atoms with Crippen molar-refractivity contribution in [1.82, 2.24) is 10.2 Å². The van der Waals surface area contributed by atoms with Crippen molar-refractivity contribution in [2.24, 2.45) is 0 Å². The van der Waals surface area contributed by atoms with Crippen molar-refractivity contribution in [2.75, 3.05) is 45.3 Å². The molecule has 15 heavy (non-hydrogen) atoms. The maximum absolute atomic E-state index is 5.65. The minimum Gasteiger partial charge on any atom is -0.379 e. The largest absolute Gasteiger partial charge is 0.379 e. The van der Waals surface area contributed by atoms with Crippen molar-refractivity contribution >= 4 is 11.6 Å². The van der Waals surface area contributed by atoms with Gasteiger partial charge in [0.25, 0.3) is 0 Å². The van der Waals surface area contributed by atoms with Crippen molar-refractivity contribution in [3.63, 3.8) is 0 Å². The van der Waals surface area contributed by atoms with E-state index in [2.05, 4.69) is 17.1 Å². The Balaban J connectivity index is 1.94. The summed E-state index contributed by atoms with van der Waals surface area (Å²) in [5.41, 5.74) is 0. The van der Waals surface area contributed by atoms with Gasteiger partial charge in [-0.05, 0) is 19.8 Å². The molecular weight excluding hydrogens is 212 g/mol. The standard InChI is InChI=1S/C11H23ClN2O/c1-11(3-2-4-12)13-5-6-14-7-9-15-10-8-14/h11,13H,2-10H2,1H3. The minimum absolute atomic E-state index is 0.588. The molecule has 1 atom stereocenters. The van der Waals surface area contributed by atoms with Crippen molar-refractivity contribution in [1.29, 1.82) is 0 Å². The molecule has 0 bridgehead atoms. The first-order chi connectivity index (χ1) is 7.33. The fourth-order valence-corrected chi connectivity index (χ4v) is 1.93. The molecule has 1 saturated heterocycles. The summed E-state index contributed by atoms with van der Waals surface area (Å²) < 4.78 is 5.30. The predicted octanol–water partition coefficient (Wildman–Crippen LogP) is 1.32. The predicted molar refractivity (Wildman–Crippen MR) is 64.7 cm³/mol. The zero-order valence-corrected chi connectivity index (χ0v) is 10.4. The molecule has 1 heterocycles. The Morgan fingerprint density at radius 1 is 1.40 bits per heavy atom. The Hall–Kier alpha value is 0.170. The van der Waals surface area contributed by atoms with Gasteiger partial charge in [0.1, 0.15) is 0 Å². The molecule has 0 aliphatic carbocycles. The van der Waals surface area contributed by atoms with Gasteiger partial charge >= 0.3 is 0 Å². The van der Waals surface area contributed by atoms with E-state index in [4.69, 9.17) is 16.3 Å². The molecule has 0 saturated carbocycles. The number of ether oxygens (including phenoxy) is 1. The van der Waals surface area contributed by atoms with E-state index in [0.717, 1.165) is 51.7 Å². The highest BCUT2D eigenvalue weighted by atomic mass is 35.5. The van der Waals surface area contributed by atoms with E-state index in [-0.39, 0.29) is 0 Å². The molecule has 1 aliphatic heterocycles. The second-order valence-electron chi connectivity index (χ2n) is 4.14. The van der Waals surface area contributed by atoms with E-state index in [1.54, 1.807) is 0 Å². The molecule has 0 spiro atoms. The third-order valence-corrected chi connectivity index (χ3v) is 3.06. The summed E-state index contributed by atoms with van der Waals surface area (Å²) in [5.74, 6) is 0.773. The number of hydrogen-bond donors (Lipinski definition) is 1. The average molecular weight is 235 g/mol. The van der Waals surface area contributed by atoms with Gasteiger partial charge in [0, 0.05) is 38.1 Å². The third-order valence-electron chi connectivity index (χ3n) is 2.80. The molecule has 4 heteroatoms. The maximum Gasteiger partial charge on any atom is 0.0594 e. The molecule has 1 aliphatic rings. The summed E-state index contributed by atoms with van der Waals surface area (Å²) in [6.45, 7) is 8.38. The fourth-order valence-electron chi connectivity index (χ4n) is 1.78. The third kappa shape index (κ3) is 6.36. The van der Waals surface area contributed by atoms with E-state index in [1.165, 1.54) is 6.42 Å². The molecule has 0 radical (unpaired) electrons. The summed E-state index contributed by atoms with van der Waals surface area (Å²) in [6.07, 6.45) is 2.28. The second-order valence-corrected chi connectivity index (χ2v) is 4.52. The van der Waals surface area contributed by atoms with E-state index in [9.17, 15) is 0 Å². The zero-order valence-electron chi connectivity index (χ0n) is 9.67. The van der Waals surface area contributed by atoms with Crippen LogP contribution in [0.5, 0.6) is 0 Å². The highest BCUT2D eigenvalue weighted by molar-refractivity contribution is 6.17. The van der Waals surface area contributed by atoms with Gasteiger partial charge in [0.05, 0.1) is 13.2 Å². The van der Waals surface area contributed by atoms with E-state index in [0.29, 0.717) is 6.04 Å².